The molecule has 0 spiro atoms. The van der Waals surface area contributed by atoms with Crippen LogP contribution in [0.2, 0.25) is 5.02 Å². The second-order valence-electron chi connectivity index (χ2n) is 11.4. The molecular weight excluding hydrogens is 520 g/mol. The highest BCUT2D eigenvalue weighted by molar-refractivity contribution is 6.32. The van der Waals surface area contributed by atoms with Gasteiger partial charge in [0, 0.05) is 34.6 Å². The number of carbonyl (C=O) groups excluding carboxylic acids is 2. The van der Waals surface area contributed by atoms with Crippen LogP contribution in [0.25, 0.3) is 10.9 Å². The van der Waals surface area contributed by atoms with Crippen molar-refractivity contribution in [3.05, 3.63) is 99.2 Å². The van der Waals surface area contributed by atoms with Gasteiger partial charge in [-0.15, -0.1) is 0 Å². The molecule has 0 saturated heterocycles. The van der Waals surface area contributed by atoms with E-state index in [9.17, 15) is 9.59 Å². The molecule has 0 radical (unpaired) electrons. The third-order valence-corrected chi connectivity index (χ3v) is 8.46. The van der Waals surface area contributed by atoms with E-state index < -0.39 is 6.10 Å². The quantitative estimate of drug-likeness (QED) is 0.202. The Hall–Kier alpha value is -3.57. The van der Waals surface area contributed by atoms with Crippen molar-refractivity contribution < 1.29 is 14.3 Å². The molecule has 0 bridgehead atoms. The Morgan fingerprint density at radius 1 is 1.05 bits per heavy atom. The van der Waals surface area contributed by atoms with Crippen molar-refractivity contribution in [2.24, 2.45) is 5.92 Å². The molecule has 1 heterocycles. The monoisotopic (exact) mass is 556 g/mol. The molecule has 1 aliphatic rings. The van der Waals surface area contributed by atoms with Crippen LogP contribution in [0.1, 0.15) is 83.9 Å². The van der Waals surface area contributed by atoms with Crippen LogP contribution < -0.4 is 10.1 Å². The second-order valence-corrected chi connectivity index (χ2v) is 11.8. The number of carbonyl (C=O) groups is 2. The smallest absolute Gasteiger partial charge is 0.251 e. The number of hydrogen-bond donors (Lipinski definition) is 1. The van der Waals surface area contributed by atoms with Crippen molar-refractivity contribution in [2.75, 3.05) is 0 Å². The normalized spacial score (nSPS) is 14.8. The molecule has 4 aromatic rings. The molecule has 1 aromatic heterocycles. The van der Waals surface area contributed by atoms with Crippen molar-refractivity contribution >= 4 is 34.7 Å². The van der Waals surface area contributed by atoms with Crippen LogP contribution in [-0.4, -0.2) is 22.9 Å². The molecule has 1 saturated carbocycles. The van der Waals surface area contributed by atoms with Gasteiger partial charge in [0.05, 0.1) is 11.1 Å². The SMILES string of the molecule is Cc1c(C)n(Cc2ccc(Cl)c(OC(C=O)C3CC3)c2)c2ccc(C(=O)N[C@@H](C)c3cccc(C(C)C)c3)cc12. The summed E-state index contributed by atoms with van der Waals surface area (Å²) in [5, 5.41) is 4.73. The van der Waals surface area contributed by atoms with Gasteiger partial charge in [0.1, 0.15) is 5.75 Å². The number of rotatable bonds is 10. The first-order valence-corrected chi connectivity index (χ1v) is 14.4. The first-order valence-electron chi connectivity index (χ1n) is 14.1. The number of amides is 1. The van der Waals surface area contributed by atoms with Gasteiger partial charge in [0.15, 0.2) is 12.4 Å². The molecule has 1 aliphatic carbocycles. The van der Waals surface area contributed by atoms with E-state index in [4.69, 9.17) is 16.3 Å². The predicted octanol–water partition coefficient (Wildman–Crippen LogP) is 7.93. The van der Waals surface area contributed by atoms with Gasteiger partial charge in [0.2, 0.25) is 0 Å². The topological polar surface area (TPSA) is 60.3 Å². The molecule has 1 N–H and O–H groups in total. The lowest BCUT2D eigenvalue weighted by molar-refractivity contribution is -0.114. The molecule has 3 aromatic carbocycles. The minimum Gasteiger partial charge on any atom is -0.481 e. The maximum absolute atomic E-state index is 13.3. The Morgan fingerprint density at radius 3 is 2.50 bits per heavy atom. The average Bonchev–Trinajstić information content (AvgIpc) is 3.77. The standard InChI is InChI=1S/C34H37ClN2O3/c1-20(2)26-7-6-8-27(16-26)22(4)36-34(39)28-12-14-31-29(17-28)21(3)23(5)37(31)18-24-9-13-30(35)32(15-24)40-33(19-38)25-10-11-25/h6-9,12-17,19-20,22,25,33H,10-11,18H2,1-5H3,(H,36,39)/t22-,33?/m0/s1. The number of fused-ring (bicyclic) bond motifs is 1. The number of ether oxygens (including phenoxy) is 1. The van der Waals surface area contributed by atoms with E-state index in [0.717, 1.165) is 52.4 Å². The summed E-state index contributed by atoms with van der Waals surface area (Å²) in [6, 6.07) is 20.0. The summed E-state index contributed by atoms with van der Waals surface area (Å²) >= 11 is 6.41. The third-order valence-electron chi connectivity index (χ3n) is 8.15. The second kappa shape index (κ2) is 11.5. The minimum absolute atomic E-state index is 0.0889. The Kier molecular flexibility index (Phi) is 8.04. The molecular formula is C34H37ClN2O3. The Bertz CT molecular complexity index is 1570. The largest absolute Gasteiger partial charge is 0.481 e. The van der Waals surface area contributed by atoms with E-state index in [0.29, 0.717) is 28.8 Å². The van der Waals surface area contributed by atoms with E-state index in [-0.39, 0.29) is 17.9 Å². The molecule has 40 heavy (non-hydrogen) atoms. The third kappa shape index (κ3) is 5.80. The summed E-state index contributed by atoms with van der Waals surface area (Å²) in [6.07, 6.45) is 2.46. The van der Waals surface area contributed by atoms with E-state index in [2.05, 4.69) is 61.8 Å². The Balaban J connectivity index is 1.37. The van der Waals surface area contributed by atoms with E-state index in [1.165, 1.54) is 5.56 Å². The summed E-state index contributed by atoms with van der Waals surface area (Å²) in [6.45, 7) is 11.2. The fraction of sp³-hybridized carbons (Fsp3) is 0.353. The number of aryl methyl sites for hydroxylation is 1. The van der Waals surface area contributed by atoms with Gasteiger partial charge in [-0.3, -0.25) is 9.59 Å². The van der Waals surface area contributed by atoms with E-state index >= 15 is 0 Å². The van der Waals surface area contributed by atoms with Gasteiger partial charge in [-0.1, -0.05) is 55.8 Å². The van der Waals surface area contributed by atoms with E-state index in [1.807, 2.05) is 43.3 Å². The molecule has 5 nitrogen and oxygen atoms in total. The van der Waals surface area contributed by atoms with Gasteiger partial charge < -0.3 is 14.6 Å². The lowest BCUT2D eigenvalue weighted by atomic mass is 9.98. The number of aldehydes is 1. The van der Waals surface area contributed by atoms with Gasteiger partial charge in [-0.2, -0.15) is 0 Å². The number of nitrogens with one attached hydrogen (secondary N) is 1. The molecule has 5 rings (SSSR count). The summed E-state index contributed by atoms with van der Waals surface area (Å²) in [5.41, 5.74) is 7.36. The van der Waals surface area contributed by atoms with Crippen LogP contribution in [0.3, 0.4) is 0 Å². The van der Waals surface area contributed by atoms with E-state index in [1.54, 1.807) is 0 Å². The maximum Gasteiger partial charge on any atom is 0.251 e. The van der Waals surface area contributed by atoms with Crippen molar-refractivity contribution in [3.8, 4) is 5.75 Å². The number of aromatic nitrogens is 1. The predicted molar refractivity (Wildman–Crippen MR) is 162 cm³/mol. The van der Waals surface area contributed by atoms with Crippen LogP contribution in [0.15, 0.2) is 60.7 Å². The maximum atomic E-state index is 13.3. The van der Waals surface area contributed by atoms with Crippen LogP contribution in [0.4, 0.5) is 0 Å². The van der Waals surface area contributed by atoms with Crippen molar-refractivity contribution in [1.82, 2.24) is 9.88 Å². The average molecular weight is 557 g/mol. The molecule has 1 fully saturated rings. The van der Waals surface area contributed by atoms with Gasteiger partial charge in [-0.25, -0.2) is 0 Å². The summed E-state index contributed by atoms with van der Waals surface area (Å²) < 4.78 is 8.24. The lowest BCUT2D eigenvalue weighted by Gasteiger charge is -2.17. The molecule has 208 valence electrons. The molecule has 6 heteroatoms. The number of halogens is 1. The van der Waals surface area contributed by atoms with Crippen molar-refractivity contribution in [1.29, 1.82) is 0 Å². The van der Waals surface area contributed by atoms with Gasteiger partial charge in [-0.05, 0) is 92.1 Å². The first kappa shape index (κ1) is 28.0. The number of benzene rings is 3. The lowest BCUT2D eigenvalue weighted by Crippen LogP contribution is -2.26. The zero-order chi connectivity index (χ0) is 28.6. The molecule has 0 aliphatic heterocycles. The van der Waals surface area contributed by atoms with Crippen LogP contribution in [0, 0.1) is 19.8 Å². The van der Waals surface area contributed by atoms with Gasteiger partial charge in [0.25, 0.3) is 5.91 Å². The summed E-state index contributed by atoms with van der Waals surface area (Å²) in [7, 11) is 0. The highest BCUT2D eigenvalue weighted by Crippen LogP contribution is 2.36. The zero-order valence-corrected chi connectivity index (χ0v) is 24.6. The first-order chi connectivity index (χ1) is 19.2. The highest BCUT2D eigenvalue weighted by atomic mass is 35.5. The van der Waals surface area contributed by atoms with Crippen molar-refractivity contribution in [3.63, 3.8) is 0 Å². The fourth-order valence-corrected chi connectivity index (χ4v) is 5.43. The van der Waals surface area contributed by atoms with Crippen LogP contribution >= 0.6 is 11.6 Å². The molecule has 1 amide bonds. The number of hydrogen-bond acceptors (Lipinski definition) is 3. The summed E-state index contributed by atoms with van der Waals surface area (Å²) in [4.78, 5) is 24.8. The van der Waals surface area contributed by atoms with Crippen molar-refractivity contribution in [2.45, 2.75) is 72.1 Å². The molecule has 1 unspecified atom stereocenters. The molecule has 2 atom stereocenters. The number of nitrogens with zero attached hydrogens (tertiary/aromatic N) is 1. The fourth-order valence-electron chi connectivity index (χ4n) is 5.27. The van der Waals surface area contributed by atoms with Gasteiger partial charge >= 0.3 is 0 Å². The Morgan fingerprint density at radius 2 is 1.80 bits per heavy atom. The summed E-state index contributed by atoms with van der Waals surface area (Å²) in [5.74, 6) is 1.17. The Labute approximate surface area is 241 Å². The van der Waals surface area contributed by atoms with Crippen LogP contribution in [-0.2, 0) is 11.3 Å². The highest BCUT2D eigenvalue weighted by Gasteiger charge is 2.33. The minimum atomic E-state index is -0.449. The zero-order valence-electron chi connectivity index (χ0n) is 23.8. The van der Waals surface area contributed by atoms with Crippen LogP contribution in [0.5, 0.6) is 5.75 Å².